The average Bonchev–Trinajstić information content (AvgIpc) is 3.55. The second-order valence-electron chi connectivity index (χ2n) is 9.25. The van der Waals surface area contributed by atoms with E-state index in [1.165, 1.54) is 16.2 Å². The summed E-state index contributed by atoms with van der Waals surface area (Å²) in [5.41, 5.74) is 2.90. The number of anilines is 1. The Morgan fingerprint density at radius 3 is 2.02 bits per heavy atom. The summed E-state index contributed by atoms with van der Waals surface area (Å²) >= 11 is 1.46. The Morgan fingerprint density at radius 1 is 0.780 bits per heavy atom. The highest BCUT2D eigenvalue weighted by molar-refractivity contribution is 7.14. The number of carboxylic acid groups (broad SMARTS) is 1. The standard InChI is InChI=1S/C32H32N2O6S/c1-33(28-16-9-21-41-28)31(37)25-13-6-4-11-23(25)24-12-5-7-14-26(24)32(38)34(20-18-29(35)36)19-17-22-10-8-15-27(39-2)30(22)40-3/h4-16,21H,17-20H2,1-3H3,(H,35,36). The minimum Gasteiger partial charge on any atom is -0.493 e. The van der Waals surface area contributed by atoms with Crippen LogP contribution in [0.15, 0.2) is 84.2 Å². The van der Waals surface area contributed by atoms with Crippen LogP contribution >= 0.6 is 11.3 Å². The van der Waals surface area contributed by atoms with Crippen LogP contribution in [0.5, 0.6) is 11.5 Å². The molecule has 3 aromatic carbocycles. The van der Waals surface area contributed by atoms with Crippen molar-refractivity contribution in [1.82, 2.24) is 4.90 Å². The summed E-state index contributed by atoms with van der Waals surface area (Å²) in [6.45, 7) is 0.280. The van der Waals surface area contributed by atoms with Crippen molar-refractivity contribution in [2.24, 2.45) is 0 Å². The summed E-state index contributed by atoms with van der Waals surface area (Å²) in [6, 6.07) is 23.6. The lowest BCUT2D eigenvalue weighted by Gasteiger charge is -2.25. The molecule has 0 unspecified atom stereocenters. The second-order valence-corrected chi connectivity index (χ2v) is 10.2. The molecule has 4 rings (SSSR count). The van der Waals surface area contributed by atoms with Crippen LogP contribution in [0.3, 0.4) is 0 Å². The zero-order chi connectivity index (χ0) is 29.4. The first-order chi connectivity index (χ1) is 19.8. The number of benzene rings is 3. The van der Waals surface area contributed by atoms with Gasteiger partial charge in [0.25, 0.3) is 11.8 Å². The van der Waals surface area contributed by atoms with E-state index in [9.17, 15) is 19.5 Å². The molecule has 8 nitrogen and oxygen atoms in total. The zero-order valence-electron chi connectivity index (χ0n) is 23.2. The van der Waals surface area contributed by atoms with Crippen LogP contribution in [0.2, 0.25) is 0 Å². The average molecular weight is 573 g/mol. The van der Waals surface area contributed by atoms with Gasteiger partial charge in [0.15, 0.2) is 11.5 Å². The van der Waals surface area contributed by atoms with Gasteiger partial charge in [-0.25, -0.2) is 0 Å². The number of amides is 2. The third kappa shape index (κ3) is 6.75. The lowest BCUT2D eigenvalue weighted by Crippen LogP contribution is -2.35. The molecule has 1 aromatic heterocycles. The largest absolute Gasteiger partial charge is 0.493 e. The molecule has 4 aromatic rings. The van der Waals surface area contributed by atoms with E-state index in [2.05, 4.69) is 0 Å². The van der Waals surface area contributed by atoms with Crippen LogP contribution in [0, 0.1) is 0 Å². The van der Waals surface area contributed by atoms with E-state index in [0.29, 0.717) is 40.2 Å². The highest BCUT2D eigenvalue weighted by Gasteiger charge is 2.24. The summed E-state index contributed by atoms with van der Waals surface area (Å²) in [7, 11) is 4.84. The highest BCUT2D eigenvalue weighted by atomic mass is 32.1. The molecule has 0 fully saturated rings. The fourth-order valence-corrected chi connectivity index (χ4v) is 5.37. The summed E-state index contributed by atoms with van der Waals surface area (Å²) in [6.07, 6.45) is 0.221. The van der Waals surface area contributed by atoms with Gasteiger partial charge in [-0.15, -0.1) is 11.3 Å². The second kappa shape index (κ2) is 13.6. The number of carbonyl (C=O) groups excluding carboxylic acids is 2. The molecule has 0 spiro atoms. The quantitative estimate of drug-likeness (QED) is 0.228. The van der Waals surface area contributed by atoms with Gasteiger partial charge in [-0.3, -0.25) is 14.4 Å². The molecule has 0 aliphatic rings. The first-order valence-corrected chi connectivity index (χ1v) is 13.9. The summed E-state index contributed by atoms with van der Waals surface area (Å²) < 4.78 is 10.9. The summed E-state index contributed by atoms with van der Waals surface area (Å²) in [5, 5.41) is 12.1. The number of hydrogen-bond donors (Lipinski definition) is 1. The first-order valence-electron chi connectivity index (χ1n) is 13.1. The van der Waals surface area contributed by atoms with Gasteiger partial charge in [0.2, 0.25) is 0 Å². The van der Waals surface area contributed by atoms with Gasteiger partial charge in [0.05, 0.1) is 25.6 Å². The zero-order valence-corrected chi connectivity index (χ0v) is 24.0. The van der Waals surface area contributed by atoms with E-state index in [1.807, 2.05) is 53.9 Å². The molecule has 41 heavy (non-hydrogen) atoms. The number of aliphatic carboxylic acids is 1. The van der Waals surface area contributed by atoms with Gasteiger partial charge in [0, 0.05) is 31.3 Å². The molecule has 0 aliphatic heterocycles. The van der Waals surface area contributed by atoms with Crippen LogP contribution in [-0.2, 0) is 11.2 Å². The molecule has 0 atom stereocenters. The lowest BCUT2D eigenvalue weighted by molar-refractivity contribution is -0.137. The molecule has 0 saturated carbocycles. The maximum absolute atomic E-state index is 14.0. The first kappa shape index (κ1) is 29.4. The number of hydrogen-bond acceptors (Lipinski definition) is 6. The monoisotopic (exact) mass is 572 g/mol. The number of nitrogens with zero attached hydrogens (tertiary/aromatic N) is 2. The Hall–Kier alpha value is -4.63. The molecule has 212 valence electrons. The van der Waals surface area contributed by atoms with Crippen molar-refractivity contribution < 1.29 is 29.0 Å². The van der Waals surface area contributed by atoms with Crippen molar-refractivity contribution >= 4 is 34.1 Å². The predicted molar refractivity (Wildman–Crippen MR) is 160 cm³/mol. The normalized spacial score (nSPS) is 10.6. The molecule has 9 heteroatoms. The van der Waals surface area contributed by atoms with Crippen molar-refractivity contribution in [1.29, 1.82) is 0 Å². The van der Waals surface area contributed by atoms with E-state index in [0.717, 1.165) is 10.6 Å². The highest BCUT2D eigenvalue weighted by Crippen LogP contribution is 2.33. The smallest absolute Gasteiger partial charge is 0.305 e. The Morgan fingerprint density at radius 2 is 1.44 bits per heavy atom. The molecule has 2 amide bonds. The Bertz CT molecular complexity index is 1520. The SMILES string of the molecule is COc1cccc(CCN(CCC(=O)O)C(=O)c2ccccc2-c2ccccc2C(=O)N(C)c2cccs2)c1OC. The van der Waals surface area contributed by atoms with E-state index in [1.54, 1.807) is 56.5 Å². The Balaban J connectivity index is 1.68. The topological polar surface area (TPSA) is 96.4 Å². The molecular formula is C32H32N2O6S. The van der Waals surface area contributed by atoms with Crippen molar-refractivity contribution in [2.45, 2.75) is 12.8 Å². The fraction of sp³-hybridized carbons (Fsp3) is 0.219. The van der Waals surface area contributed by atoms with E-state index >= 15 is 0 Å². The molecule has 0 saturated heterocycles. The number of carboxylic acids is 1. The van der Waals surface area contributed by atoms with Gasteiger partial charge in [0.1, 0.15) is 0 Å². The van der Waals surface area contributed by atoms with Crippen LogP contribution in [0.1, 0.15) is 32.7 Å². The third-order valence-corrected chi connectivity index (χ3v) is 7.71. The van der Waals surface area contributed by atoms with Crippen molar-refractivity contribution in [2.75, 3.05) is 39.3 Å². The maximum Gasteiger partial charge on any atom is 0.305 e. The van der Waals surface area contributed by atoms with Crippen LogP contribution in [0.25, 0.3) is 11.1 Å². The van der Waals surface area contributed by atoms with Crippen molar-refractivity contribution in [3.05, 3.63) is 101 Å². The minimum atomic E-state index is -0.998. The van der Waals surface area contributed by atoms with E-state index in [-0.39, 0.29) is 31.3 Å². The van der Waals surface area contributed by atoms with E-state index < -0.39 is 5.97 Å². The van der Waals surface area contributed by atoms with Gasteiger partial charge >= 0.3 is 5.97 Å². The van der Waals surface area contributed by atoms with Gasteiger partial charge < -0.3 is 24.4 Å². The van der Waals surface area contributed by atoms with Gasteiger partial charge in [-0.1, -0.05) is 48.5 Å². The minimum absolute atomic E-state index is 0.0243. The third-order valence-electron chi connectivity index (χ3n) is 6.76. The van der Waals surface area contributed by atoms with Crippen LogP contribution < -0.4 is 14.4 Å². The number of ether oxygens (including phenoxy) is 2. The molecule has 0 bridgehead atoms. The van der Waals surface area contributed by atoms with E-state index in [4.69, 9.17) is 9.47 Å². The predicted octanol–water partition coefficient (Wildman–Crippen LogP) is 5.87. The Labute approximate surface area is 243 Å². The summed E-state index contributed by atoms with van der Waals surface area (Å²) in [4.78, 5) is 42.2. The number of rotatable bonds is 12. The van der Waals surface area contributed by atoms with Gasteiger partial charge in [-0.05, 0) is 58.8 Å². The lowest BCUT2D eigenvalue weighted by atomic mass is 9.94. The molecule has 0 aliphatic carbocycles. The van der Waals surface area contributed by atoms with Gasteiger partial charge in [-0.2, -0.15) is 0 Å². The number of thiophene rings is 1. The molecular weight excluding hydrogens is 540 g/mol. The number of para-hydroxylation sites is 1. The number of carbonyl (C=O) groups is 3. The van der Waals surface area contributed by atoms with Crippen molar-refractivity contribution in [3.63, 3.8) is 0 Å². The van der Waals surface area contributed by atoms with Crippen LogP contribution in [0.4, 0.5) is 5.00 Å². The van der Waals surface area contributed by atoms with Crippen molar-refractivity contribution in [3.8, 4) is 22.6 Å². The molecule has 0 radical (unpaired) electrons. The maximum atomic E-state index is 14.0. The molecule has 1 N–H and O–H groups in total. The number of methoxy groups -OCH3 is 2. The van der Waals surface area contributed by atoms with Crippen LogP contribution in [-0.4, -0.2) is 62.1 Å². The Kier molecular flexibility index (Phi) is 9.76. The molecule has 1 heterocycles. The summed E-state index contributed by atoms with van der Waals surface area (Å²) in [5.74, 6) is -0.366. The fourth-order valence-electron chi connectivity index (χ4n) is 4.67.